The Bertz CT molecular complexity index is 981. The summed E-state index contributed by atoms with van der Waals surface area (Å²) in [6.45, 7) is 4.29. The summed E-state index contributed by atoms with van der Waals surface area (Å²) in [5.41, 5.74) is 12.2. The highest BCUT2D eigenvalue weighted by atomic mass is 35.5. The predicted molar refractivity (Wildman–Crippen MR) is 116 cm³/mol. The lowest BCUT2D eigenvalue weighted by atomic mass is 10.1. The molecule has 8 heteroatoms. The lowest BCUT2D eigenvalue weighted by molar-refractivity contribution is 0.296. The monoisotopic (exact) mass is 416 g/mol. The van der Waals surface area contributed by atoms with Crippen molar-refractivity contribution in [2.45, 2.75) is 20.5 Å². The molecule has 0 fully saturated rings. The number of halogens is 1. The van der Waals surface area contributed by atoms with Crippen LogP contribution in [0.2, 0.25) is 5.02 Å². The zero-order valence-corrected chi connectivity index (χ0v) is 17.4. The molecule has 146 valence electrons. The molecule has 0 amide bonds. The third kappa shape index (κ3) is 4.94. The van der Waals surface area contributed by atoms with Gasteiger partial charge >= 0.3 is 0 Å². The molecule has 0 unspecified atom stereocenters. The predicted octanol–water partition coefficient (Wildman–Crippen LogP) is 5.03. The molecule has 0 radical (unpaired) electrons. The summed E-state index contributed by atoms with van der Waals surface area (Å²) in [6, 6.07) is 9.63. The van der Waals surface area contributed by atoms with Gasteiger partial charge in [-0.1, -0.05) is 11.6 Å². The van der Waals surface area contributed by atoms with Gasteiger partial charge in [0.05, 0.1) is 13.3 Å². The number of ether oxygens (including phenoxy) is 2. The van der Waals surface area contributed by atoms with Gasteiger partial charge in [-0.15, -0.1) is 11.3 Å². The summed E-state index contributed by atoms with van der Waals surface area (Å²) in [7, 11) is 1.64. The number of rotatable bonds is 7. The van der Waals surface area contributed by atoms with Crippen molar-refractivity contribution in [3.63, 3.8) is 0 Å². The van der Waals surface area contributed by atoms with Crippen molar-refractivity contribution >= 4 is 40.1 Å². The van der Waals surface area contributed by atoms with Crippen molar-refractivity contribution < 1.29 is 9.47 Å². The summed E-state index contributed by atoms with van der Waals surface area (Å²) < 4.78 is 11.4. The van der Waals surface area contributed by atoms with Gasteiger partial charge in [0.1, 0.15) is 23.9 Å². The number of nitrogens with two attached hydrogens (primary N) is 1. The third-order valence-electron chi connectivity index (χ3n) is 4.00. The van der Waals surface area contributed by atoms with Crippen molar-refractivity contribution in [3.05, 3.63) is 63.0 Å². The van der Waals surface area contributed by atoms with Crippen molar-refractivity contribution in [2.75, 3.05) is 18.3 Å². The van der Waals surface area contributed by atoms with E-state index in [1.165, 1.54) is 11.3 Å². The number of hydrogen-bond acceptors (Lipinski definition) is 7. The van der Waals surface area contributed by atoms with Gasteiger partial charge in [-0.05, 0) is 60.9 Å². The quantitative estimate of drug-likeness (QED) is 0.417. The minimum Gasteiger partial charge on any atom is -0.496 e. The first-order valence-electron chi connectivity index (χ1n) is 8.53. The molecule has 28 heavy (non-hydrogen) atoms. The van der Waals surface area contributed by atoms with Crippen LogP contribution in [0.5, 0.6) is 11.5 Å². The Balaban J connectivity index is 1.72. The maximum atomic E-state index is 6.22. The van der Waals surface area contributed by atoms with Gasteiger partial charge < -0.3 is 15.2 Å². The molecule has 1 aromatic heterocycles. The smallest absolute Gasteiger partial charge is 0.205 e. The topological polar surface area (TPSA) is 81.8 Å². The van der Waals surface area contributed by atoms with E-state index in [1.807, 2.05) is 44.2 Å². The van der Waals surface area contributed by atoms with E-state index in [2.05, 4.69) is 15.5 Å². The first kappa shape index (κ1) is 20.0. The number of nitrogens with zero attached hydrogens (tertiary/aromatic N) is 2. The Morgan fingerprint density at radius 3 is 2.64 bits per heavy atom. The number of anilines is 2. The Labute approximate surface area is 173 Å². The number of nitrogens with one attached hydrogen (secondary N) is 1. The van der Waals surface area contributed by atoms with Gasteiger partial charge in [-0.2, -0.15) is 5.10 Å². The second-order valence-corrected chi connectivity index (χ2v) is 7.41. The van der Waals surface area contributed by atoms with E-state index < -0.39 is 0 Å². The number of aryl methyl sites for hydroxylation is 2. The number of thiazole rings is 1. The fourth-order valence-corrected chi connectivity index (χ4v) is 3.30. The van der Waals surface area contributed by atoms with Gasteiger partial charge in [0.15, 0.2) is 0 Å². The number of methoxy groups -OCH3 is 1. The van der Waals surface area contributed by atoms with E-state index in [0.29, 0.717) is 17.6 Å². The average molecular weight is 417 g/mol. The minimum absolute atomic E-state index is 0.363. The molecule has 0 saturated carbocycles. The van der Waals surface area contributed by atoms with Crippen LogP contribution in [-0.4, -0.2) is 18.3 Å². The molecule has 0 aliphatic heterocycles. The Kier molecular flexibility index (Phi) is 6.38. The SMILES string of the molecule is COc1ccc(C=NNc2nc(N)cs2)cc1COc1cc(C)c(Cl)c(C)c1. The fraction of sp³-hybridized carbons (Fsp3) is 0.200. The molecule has 1 heterocycles. The van der Waals surface area contributed by atoms with Crippen LogP contribution in [0.4, 0.5) is 10.9 Å². The number of benzene rings is 2. The molecule has 0 bridgehead atoms. The van der Waals surface area contributed by atoms with Gasteiger partial charge in [0.25, 0.3) is 0 Å². The van der Waals surface area contributed by atoms with Crippen LogP contribution < -0.4 is 20.6 Å². The summed E-state index contributed by atoms with van der Waals surface area (Å²) in [5.74, 6) is 1.99. The highest BCUT2D eigenvalue weighted by Crippen LogP contribution is 2.27. The molecular formula is C20H21ClN4O2S. The molecule has 0 aliphatic rings. The summed E-state index contributed by atoms with van der Waals surface area (Å²) >= 11 is 7.62. The van der Waals surface area contributed by atoms with Crippen molar-refractivity contribution in [2.24, 2.45) is 5.10 Å². The lowest BCUT2D eigenvalue weighted by Gasteiger charge is -2.13. The summed E-state index contributed by atoms with van der Waals surface area (Å²) in [6.07, 6.45) is 1.71. The fourth-order valence-electron chi connectivity index (χ4n) is 2.64. The lowest BCUT2D eigenvalue weighted by Crippen LogP contribution is -2.01. The molecule has 3 aromatic rings. The van der Waals surface area contributed by atoms with Crippen molar-refractivity contribution in [1.82, 2.24) is 4.98 Å². The normalized spacial score (nSPS) is 11.0. The molecule has 2 aromatic carbocycles. The zero-order valence-electron chi connectivity index (χ0n) is 15.8. The first-order chi connectivity index (χ1) is 13.5. The van der Waals surface area contributed by atoms with Gasteiger partial charge in [-0.3, -0.25) is 5.43 Å². The maximum absolute atomic E-state index is 6.22. The Morgan fingerprint density at radius 1 is 1.25 bits per heavy atom. The van der Waals surface area contributed by atoms with E-state index in [0.717, 1.165) is 38.8 Å². The second-order valence-electron chi connectivity index (χ2n) is 6.18. The van der Waals surface area contributed by atoms with E-state index in [9.17, 15) is 0 Å². The summed E-state index contributed by atoms with van der Waals surface area (Å²) in [4.78, 5) is 4.09. The molecule has 3 N–H and O–H groups in total. The third-order valence-corrected chi connectivity index (χ3v) is 5.37. The standard InChI is InChI=1S/C20H21ClN4O2S/c1-12-6-16(7-13(2)19(12)21)27-10-15-8-14(4-5-17(15)26-3)9-23-25-20-24-18(22)11-28-20/h4-9,11H,10,22H2,1-3H3,(H,24,25). The number of hydrazone groups is 1. The second kappa shape index (κ2) is 8.95. The molecular weight excluding hydrogens is 396 g/mol. The van der Waals surface area contributed by atoms with Crippen molar-refractivity contribution in [3.8, 4) is 11.5 Å². The highest BCUT2D eigenvalue weighted by molar-refractivity contribution is 7.14. The van der Waals surface area contributed by atoms with Crippen LogP contribution in [0, 0.1) is 13.8 Å². The number of hydrogen-bond donors (Lipinski definition) is 2. The molecule has 3 rings (SSSR count). The molecule has 0 atom stereocenters. The number of aromatic nitrogens is 1. The Hall–Kier alpha value is -2.77. The van der Waals surface area contributed by atoms with Crippen LogP contribution in [-0.2, 0) is 6.61 Å². The largest absolute Gasteiger partial charge is 0.496 e. The van der Waals surface area contributed by atoms with Gasteiger partial charge in [0.2, 0.25) is 5.13 Å². The van der Waals surface area contributed by atoms with E-state index in [1.54, 1.807) is 18.7 Å². The number of nitrogen functional groups attached to an aromatic ring is 1. The molecule has 0 saturated heterocycles. The van der Waals surface area contributed by atoms with Crippen LogP contribution in [0.3, 0.4) is 0 Å². The van der Waals surface area contributed by atoms with Gasteiger partial charge in [-0.25, -0.2) is 4.98 Å². The summed E-state index contributed by atoms with van der Waals surface area (Å²) in [5, 5.41) is 7.34. The van der Waals surface area contributed by atoms with Crippen molar-refractivity contribution in [1.29, 1.82) is 0 Å². The van der Waals surface area contributed by atoms with E-state index >= 15 is 0 Å². The van der Waals surface area contributed by atoms with Crippen LogP contribution in [0.1, 0.15) is 22.3 Å². The van der Waals surface area contributed by atoms with Gasteiger partial charge in [0, 0.05) is 16.0 Å². The van der Waals surface area contributed by atoms with E-state index in [-0.39, 0.29) is 0 Å². The minimum atomic E-state index is 0.363. The van der Waals surface area contributed by atoms with Crippen LogP contribution in [0.15, 0.2) is 40.8 Å². The molecule has 6 nitrogen and oxygen atoms in total. The molecule has 0 spiro atoms. The average Bonchev–Trinajstić information content (AvgIpc) is 3.09. The highest BCUT2D eigenvalue weighted by Gasteiger charge is 2.08. The van der Waals surface area contributed by atoms with E-state index in [4.69, 9.17) is 26.8 Å². The Morgan fingerprint density at radius 2 is 2.00 bits per heavy atom. The maximum Gasteiger partial charge on any atom is 0.205 e. The first-order valence-corrected chi connectivity index (χ1v) is 9.78. The van der Waals surface area contributed by atoms with Crippen LogP contribution >= 0.6 is 22.9 Å². The van der Waals surface area contributed by atoms with Crippen LogP contribution in [0.25, 0.3) is 0 Å². The zero-order chi connectivity index (χ0) is 20.1. The molecule has 0 aliphatic carbocycles.